The van der Waals surface area contributed by atoms with E-state index in [-0.39, 0.29) is 24.5 Å². The van der Waals surface area contributed by atoms with Gasteiger partial charge in [-0.2, -0.15) is 0 Å². The zero-order valence-electron chi connectivity index (χ0n) is 14.2. The fourth-order valence-corrected chi connectivity index (χ4v) is 2.38. The molecular weight excluding hydrogens is 348 g/mol. The Labute approximate surface area is 151 Å². The van der Waals surface area contributed by atoms with E-state index in [9.17, 15) is 4.79 Å². The van der Waals surface area contributed by atoms with Crippen LogP contribution in [0.15, 0.2) is 36.4 Å². The lowest BCUT2D eigenvalue weighted by Gasteiger charge is -2.15. The Balaban J connectivity index is 2.00. The van der Waals surface area contributed by atoms with Gasteiger partial charge in [-0.15, -0.1) is 0 Å². The zero-order chi connectivity index (χ0) is 18.2. The van der Waals surface area contributed by atoms with E-state index in [2.05, 4.69) is 0 Å². The zero-order valence-corrected chi connectivity index (χ0v) is 15.0. The molecule has 6 nitrogen and oxygen atoms in total. The molecule has 0 saturated carbocycles. The molecule has 2 aromatic rings. The first-order valence-electron chi connectivity index (χ1n) is 7.45. The van der Waals surface area contributed by atoms with Crippen molar-refractivity contribution < 1.29 is 28.5 Å². The number of methoxy groups -OCH3 is 3. The summed E-state index contributed by atoms with van der Waals surface area (Å²) < 4.78 is 26.4. The van der Waals surface area contributed by atoms with Gasteiger partial charge in [-0.3, -0.25) is 0 Å². The third-order valence-electron chi connectivity index (χ3n) is 3.33. The van der Waals surface area contributed by atoms with Crippen molar-refractivity contribution in [1.82, 2.24) is 0 Å². The number of rotatable bonds is 8. The standard InChI is InChI=1S/C18H19ClO6/c1-21-15-9-8-12(16(22-2)17(15)23-3)18(20)25-11-10-24-14-7-5-4-6-13(14)19/h4-9H,10-11H2,1-3H3. The normalized spacial score (nSPS) is 10.1. The second-order valence-electron chi connectivity index (χ2n) is 4.80. The predicted molar refractivity (Wildman–Crippen MR) is 93.3 cm³/mol. The van der Waals surface area contributed by atoms with Crippen molar-refractivity contribution in [3.63, 3.8) is 0 Å². The van der Waals surface area contributed by atoms with Gasteiger partial charge in [0.05, 0.1) is 26.4 Å². The first-order valence-corrected chi connectivity index (χ1v) is 7.83. The molecule has 0 saturated heterocycles. The van der Waals surface area contributed by atoms with Crippen LogP contribution in [0.3, 0.4) is 0 Å². The van der Waals surface area contributed by atoms with Gasteiger partial charge >= 0.3 is 5.97 Å². The maximum Gasteiger partial charge on any atom is 0.342 e. The molecule has 134 valence electrons. The number of para-hydroxylation sites is 1. The van der Waals surface area contributed by atoms with Crippen LogP contribution in [0.1, 0.15) is 10.4 Å². The van der Waals surface area contributed by atoms with Gasteiger partial charge in [-0.05, 0) is 24.3 Å². The minimum Gasteiger partial charge on any atom is -0.493 e. The summed E-state index contributed by atoms with van der Waals surface area (Å²) in [6, 6.07) is 10.2. The first kappa shape index (κ1) is 18.7. The highest BCUT2D eigenvalue weighted by molar-refractivity contribution is 6.32. The minimum atomic E-state index is -0.555. The van der Waals surface area contributed by atoms with Gasteiger partial charge < -0.3 is 23.7 Å². The van der Waals surface area contributed by atoms with E-state index < -0.39 is 5.97 Å². The Morgan fingerprint density at radius 2 is 1.60 bits per heavy atom. The summed E-state index contributed by atoms with van der Waals surface area (Å²) in [6.07, 6.45) is 0. The van der Waals surface area contributed by atoms with Crippen molar-refractivity contribution in [2.75, 3.05) is 34.5 Å². The molecule has 0 unspecified atom stereocenters. The average molecular weight is 367 g/mol. The molecule has 0 atom stereocenters. The quantitative estimate of drug-likeness (QED) is 0.525. The summed E-state index contributed by atoms with van der Waals surface area (Å²) >= 11 is 5.99. The third kappa shape index (κ3) is 4.48. The highest BCUT2D eigenvalue weighted by Crippen LogP contribution is 2.39. The molecular formula is C18H19ClO6. The summed E-state index contributed by atoms with van der Waals surface area (Å²) in [5, 5.41) is 0.496. The van der Waals surface area contributed by atoms with E-state index in [1.54, 1.807) is 30.3 Å². The molecule has 0 amide bonds. The fourth-order valence-electron chi connectivity index (χ4n) is 2.19. The Hall–Kier alpha value is -2.60. The molecule has 0 spiro atoms. The Bertz CT molecular complexity index is 732. The number of halogens is 1. The molecule has 2 rings (SSSR count). The summed E-state index contributed by atoms with van der Waals surface area (Å²) in [5.41, 5.74) is 0.234. The minimum absolute atomic E-state index is 0.0571. The molecule has 0 heterocycles. The fraction of sp³-hybridized carbons (Fsp3) is 0.278. The van der Waals surface area contributed by atoms with Gasteiger partial charge in [-0.25, -0.2) is 4.79 Å². The molecule has 0 radical (unpaired) electrons. The van der Waals surface area contributed by atoms with Gasteiger partial charge in [0, 0.05) is 0 Å². The number of esters is 1. The molecule has 0 N–H and O–H groups in total. The Morgan fingerprint density at radius 3 is 2.24 bits per heavy atom. The topological polar surface area (TPSA) is 63.2 Å². The van der Waals surface area contributed by atoms with E-state index in [0.717, 1.165) is 0 Å². The number of hydrogen-bond donors (Lipinski definition) is 0. The highest BCUT2D eigenvalue weighted by atomic mass is 35.5. The average Bonchev–Trinajstić information content (AvgIpc) is 2.64. The Kier molecular flexibility index (Phi) is 6.77. The lowest BCUT2D eigenvalue weighted by molar-refractivity contribution is 0.0446. The van der Waals surface area contributed by atoms with E-state index >= 15 is 0 Å². The van der Waals surface area contributed by atoms with Crippen LogP contribution in [0.5, 0.6) is 23.0 Å². The van der Waals surface area contributed by atoms with Crippen LogP contribution in [0.25, 0.3) is 0 Å². The number of ether oxygens (including phenoxy) is 5. The van der Waals surface area contributed by atoms with Crippen molar-refractivity contribution in [2.24, 2.45) is 0 Å². The molecule has 2 aromatic carbocycles. The van der Waals surface area contributed by atoms with Crippen LogP contribution in [-0.2, 0) is 4.74 Å². The third-order valence-corrected chi connectivity index (χ3v) is 3.65. The van der Waals surface area contributed by atoms with Crippen molar-refractivity contribution in [3.05, 3.63) is 47.0 Å². The van der Waals surface area contributed by atoms with E-state index in [1.807, 2.05) is 6.07 Å². The number of carbonyl (C=O) groups excluding carboxylic acids is 1. The first-order chi connectivity index (χ1) is 12.1. The highest BCUT2D eigenvalue weighted by Gasteiger charge is 2.21. The second kappa shape index (κ2) is 9.03. The lowest BCUT2D eigenvalue weighted by atomic mass is 10.1. The molecule has 0 bridgehead atoms. The number of carbonyl (C=O) groups is 1. The molecule has 0 aromatic heterocycles. The lowest BCUT2D eigenvalue weighted by Crippen LogP contribution is -2.13. The van der Waals surface area contributed by atoms with Crippen molar-refractivity contribution in [2.45, 2.75) is 0 Å². The molecule has 25 heavy (non-hydrogen) atoms. The largest absolute Gasteiger partial charge is 0.493 e. The van der Waals surface area contributed by atoms with Crippen molar-refractivity contribution in [1.29, 1.82) is 0 Å². The predicted octanol–water partition coefficient (Wildman–Crippen LogP) is 3.60. The summed E-state index contributed by atoms with van der Waals surface area (Å²) in [4.78, 5) is 12.3. The van der Waals surface area contributed by atoms with E-state index in [1.165, 1.54) is 21.3 Å². The van der Waals surface area contributed by atoms with Crippen LogP contribution in [-0.4, -0.2) is 40.5 Å². The van der Waals surface area contributed by atoms with Crippen molar-refractivity contribution in [3.8, 4) is 23.0 Å². The monoisotopic (exact) mass is 366 g/mol. The summed E-state index contributed by atoms with van der Waals surface area (Å²) in [5.74, 6) is 1.01. The van der Waals surface area contributed by atoms with Crippen LogP contribution >= 0.6 is 11.6 Å². The molecule has 0 aliphatic rings. The summed E-state index contributed by atoms with van der Waals surface area (Å²) in [6.45, 7) is 0.229. The molecule has 0 fully saturated rings. The van der Waals surface area contributed by atoms with Gasteiger partial charge in [0.1, 0.15) is 24.5 Å². The summed E-state index contributed by atoms with van der Waals surface area (Å²) in [7, 11) is 4.41. The van der Waals surface area contributed by atoms with Crippen LogP contribution < -0.4 is 18.9 Å². The molecule has 7 heteroatoms. The SMILES string of the molecule is COc1ccc(C(=O)OCCOc2ccccc2Cl)c(OC)c1OC. The molecule has 0 aliphatic heterocycles. The molecule has 0 aliphatic carbocycles. The van der Waals surface area contributed by atoms with E-state index in [4.69, 9.17) is 35.3 Å². The van der Waals surface area contributed by atoms with E-state index in [0.29, 0.717) is 22.3 Å². The number of benzene rings is 2. The van der Waals surface area contributed by atoms with Crippen molar-refractivity contribution >= 4 is 17.6 Å². The maximum absolute atomic E-state index is 12.3. The van der Waals surface area contributed by atoms with Crippen LogP contribution in [0.2, 0.25) is 5.02 Å². The van der Waals surface area contributed by atoms with Crippen LogP contribution in [0, 0.1) is 0 Å². The smallest absolute Gasteiger partial charge is 0.342 e. The van der Waals surface area contributed by atoms with Gasteiger partial charge in [0.15, 0.2) is 11.5 Å². The van der Waals surface area contributed by atoms with Gasteiger partial charge in [-0.1, -0.05) is 23.7 Å². The second-order valence-corrected chi connectivity index (χ2v) is 5.20. The van der Waals surface area contributed by atoms with Gasteiger partial charge in [0.2, 0.25) is 5.75 Å². The Morgan fingerprint density at radius 1 is 0.880 bits per heavy atom. The van der Waals surface area contributed by atoms with Gasteiger partial charge in [0.25, 0.3) is 0 Å². The maximum atomic E-state index is 12.3. The number of hydrogen-bond acceptors (Lipinski definition) is 6. The van der Waals surface area contributed by atoms with Crippen LogP contribution in [0.4, 0.5) is 0 Å².